The summed E-state index contributed by atoms with van der Waals surface area (Å²) in [5.74, 6) is 0.205. The Kier molecular flexibility index (Phi) is 5.36. The maximum Gasteiger partial charge on any atom is 0.179 e. The van der Waals surface area contributed by atoms with Gasteiger partial charge in [0.05, 0.1) is 6.04 Å². The molecule has 2 unspecified atom stereocenters. The number of likely N-dealkylation sites (N-methyl/N-ethyl adjacent to an activating group) is 1. The van der Waals surface area contributed by atoms with Crippen molar-refractivity contribution >= 4 is 5.78 Å². The molecule has 0 bridgehead atoms. The van der Waals surface area contributed by atoms with Crippen LogP contribution in [0.1, 0.15) is 44.0 Å². The third-order valence-corrected chi connectivity index (χ3v) is 3.45. The van der Waals surface area contributed by atoms with Gasteiger partial charge in [-0.15, -0.1) is 0 Å². The highest BCUT2D eigenvalue weighted by Gasteiger charge is 2.22. The van der Waals surface area contributed by atoms with Gasteiger partial charge in [-0.05, 0) is 27.3 Å². The third kappa shape index (κ3) is 3.67. The molecule has 0 heterocycles. The van der Waals surface area contributed by atoms with Crippen molar-refractivity contribution < 1.29 is 4.79 Å². The minimum absolute atomic E-state index is 0.0565. The maximum atomic E-state index is 12.3. The van der Waals surface area contributed by atoms with Gasteiger partial charge >= 0.3 is 0 Å². The molecule has 0 aliphatic rings. The highest BCUT2D eigenvalue weighted by Crippen LogP contribution is 2.12. The van der Waals surface area contributed by atoms with Crippen LogP contribution in [0.25, 0.3) is 0 Å². The maximum absolute atomic E-state index is 12.3. The van der Waals surface area contributed by atoms with Crippen molar-refractivity contribution in [3.05, 3.63) is 35.9 Å². The van der Waals surface area contributed by atoms with Crippen molar-refractivity contribution in [3.63, 3.8) is 0 Å². The standard InChI is InChI=1S/C15H23NO/c1-5-9-12(2)16(4)13(3)15(17)14-10-7-6-8-11-14/h6-8,10-13H,5,9H2,1-4H3. The molecule has 2 heteroatoms. The molecule has 1 rings (SSSR count). The van der Waals surface area contributed by atoms with Crippen LogP contribution >= 0.6 is 0 Å². The van der Waals surface area contributed by atoms with Gasteiger partial charge in [0.25, 0.3) is 0 Å². The summed E-state index contributed by atoms with van der Waals surface area (Å²) >= 11 is 0. The van der Waals surface area contributed by atoms with E-state index in [1.807, 2.05) is 44.3 Å². The van der Waals surface area contributed by atoms with Crippen LogP contribution in [0.3, 0.4) is 0 Å². The van der Waals surface area contributed by atoms with E-state index in [0.717, 1.165) is 18.4 Å². The van der Waals surface area contributed by atoms with Gasteiger partial charge < -0.3 is 0 Å². The third-order valence-electron chi connectivity index (χ3n) is 3.45. The number of Topliss-reactive ketones (excluding diaryl/α,β-unsaturated/α-hetero) is 1. The highest BCUT2D eigenvalue weighted by molar-refractivity contribution is 5.99. The topological polar surface area (TPSA) is 20.3 Å². The molecule has 94 valence electrons. The van der Waals surface area contributed by atoms with Crippen LogP contribution in [0.15, 0.2) is 30.3 Å². The van der Waals surface area contributed by atoms with Crippen LogP contribution in [0.4, 0.5) is 0 Å². The Hall–Kier alpha value is -1.15. The zero-order valence-electron chi connectivity index (χ0n) is 11.3. The van der Waals surface area contributed by atoms with E-state index in [2.05, 4.69) is 18.7 Å². The van der Waals surface area contributed by atoms with Gasteiger partial charge in [0.1, 0.15) is 0 Å². The Balaban J connectivity index is 2.70. The van der Waals surface area contributed by atoms with Crippen LogP contribution in [-0.2, 0) is 0 Å². The monoisotopic (exact) mass is 233 g/mol. The smallest absolute Gasteiger partial charge is 0.179 e. The Morgan fingerprint density at radius 2 is 1.82 bits per heavy atom. The van der Waals surface area contributed by atoms with Gasteiger partial charge in [-0.25, -0.2) is 0 Å². The molecular formula is C15H23NO. The second kappa shape index (κ2) is 6.55. The zero-order valence-corrected chi connectivity index (χ0v) is 11.3. The molecule has 0 radical (unpaired) electrons. The zero-order chi connectivity index (χ0) is 12.8. The van der Waals surface area contributed by atoms with Crippen LogP contribution < -0.4 is 0 Å². The molecule has 0 saturated carbocycles. The Morgan fingerprint density at radius 1 is 1.24 bits per heavy atom. The summed E-state index contributed by atoms with van der Waals surface area (Å²) in [5.41, 5.74) is 0.801. The number of hydrogen-bond acceptors (Lipinski definition) is 2. The van der Waals surface area contributed by atoms with E-state index < -0.39 is 0 Å². The first-order valence-electron chi connectivity index (χ1n) is 6.39. The number of benzene rings is 1. The first-order chi connectivity index (χ1) is 8.07. The molecule has 1 aromatic carbocycles. The summed E-state index contributed by atoms with van der Waals surface area (Å²) in [6, 6.07) is 9.92. The second-order valence-corrected chi connectivity index (χ2v) is 4.71. The minimum Gasteiger partial charge on any atom is -0.294 e. The molecule has 0 aliphatic heterocycles. The molecule has 1 aromatic rings. The van der Waals surface area contributed by atoms with Crippen molar-refractivity contribution in [1.82, 2.24) is 4.90 Å². The normalized spacial score (nSPS) is 14.6. The summed E-state index contributed by atoms with van der Waals surface area (Å²) in [6.45, 7) is 6.34. The van der Waals surface area contributed by atoms with Crippen LogP contribution in [0, 0.1) is 0 Å². The van der Waals surface area contributed by atoms with Crippen molar-refractivity contribution in [1.29, 1.82) is 0 Å². The fraction of sp³-hybridized carbons (Fsp3) is 0.533. The molecular weight excluding hydrogens is 210 g/mol. The molecule has 0 aromatic heterocycles. The van der Waals surface area contributed by atoms with E-state index in [4.69, 9.17) is 0 Å². The predicted molar refractivity (Wildman–Crippen MR) is 72.4 cm³/mol. The van der Waals surface area contributed by atoms with E-state index in [1.54, 1.807) is 0 Å². The summed E-state index contributed by atoms with van der Waals surface area (Å²) in [5, 5.41) is 0. The number of ketones is 1. The van der Waals surface area contributed by atoms with E-state index in [-0.39, 0.29) is 11.8 Å². The van der Waals surface area contributed by atoms with Crippen LogP contribution in [0.5, 0.6) is 0 Å². The number of carbonyl (C=O) groups excluding carboxylic acids is 1. The minimum atomic E-state index is -0.0565. The molecule has 0 spiro atoms. The number of nitrogens with zero attached hydrogens (tertiary/aromatic N) is 1. The second-order valence-electron chi connectivity index (χ2n) is 4.71. The molecule has 0 N–H and O–H groups in total. The van der Waals surface area contributed by atoms with E-state index >= 15 is 0 Å². The Labute approximate surface area is 105 Å². The first kappa shape index (κ1) is 13.9. The number of carbonyl (C=O) groups is 1. The van der Waals surface area contributed by atoms with Crippen molar-refractivity contribution in [3.8, 4) is 0 Å². The highest BCUT2D eigenvalue weighted by atomic mass is 16.1. The lowest BCUT2D eigenvalue weighted by Gasteiger charge is -2.29. The van der Waals surface area contributed by atoms with E-state index in [9.17, 15) is 4.79 Å². The van der Waals surface area contributed by atoms with Gasteiger partial charge in [-0.1, -0.05) is 43.7 Å². The summed E-state index contributed by atoms with van der Waals surface area (Å²) in [7, 11) is 2.03. The van der Waals surface area contributed by atoms with Gasteiger partial charge in [-0.3, -0.25) is 9.69 Å². The molecule has 2 nitrogen and oxygen atoms in total. The van der Waals surface area contributed by atoms with Crippen molar-refractivity contribution in [2.75, 3.05) is 7.05 Å². The fourth-order valence-corrected chi connectivity index (χ4v) is 2.03. The largest absolute Gasteiger partial charge is 0.294 e. The van der Waals surface area contributed by atoms with Gasteiger partial charge in [0.2, 0.25) is 0 Å². The molecule has 17 heavy (non-hydrogen) atoms. The lowest BCUT2D eigenvalue weighted by molar-refractivity contribution is 0.0820. The molecule has 0 fully saturated rings. The Morgan fingerprint density at radius 3 is 2.35 bits per heavy atom. The summed E-state index contributed by atoms with van der Waals surface area (Å²) in [6.07, 6.45) is 2.28. The molecule has 0 amide bonds. The van der Waals surface area contributed by atoms with Gasteiger partial charge in [0, 0.05) is 11.6 Å². The van der Waals surface area contributed by atoms with Crippen molar-refractivity contribution in [2.45, 2.75) is 45.7 Å². The molecule has 0 saturated heterocycles. The van der Waals surface area contributed by atoms with E-state index in [0.29, 0.717) is 6.04 Å². The summed E-state index contributed by atoms with van der Waals surface area (Å²) < 4.78 is 0. The van der Waals surface area contributed by atoms with Gasteiger partial charge in [-0.2, -0.15) is 0 Å². The molecule has 0 aliphatic carbocycles. The summed E-state index contributed by atoms with van der Waals surface area (Å²) in [4.78, 5) is 14.4. The predicted octanol–water partition coefficient (Wildman–Crippen LogP) is 3.38. The average Bonchev–Trinajstić information content (AvgIpc) is 2.37. The molecule has 2 atom stereocenters. The lowest BCUT2D eigenvalue weighted by atomic mass is 10.0. The Bertz CT molecular complexity index is 347. The van der Waals surface area contributed by atoms with Gasteiger partial charge in [0.15, 0.2) is 5.78 Å². The average molecular weight is 233 g/mol. The quantitative estimate of drug-likeness (QED) is 0.702. The first-order valence-corrected chi connectivity index (χ1v) is 6.39. The van der Waals surface area contributed by atoms with Crippen LogP contribution in [0.2, 0.25) is 0 Å². The lowest BCUT2D eigenvalue weighted by Crippen LogP contribution is -2.41. The van der Waals surface area contributed by atoms with Crippen molar-refractivity contribution in [2.24, 2.45) is 0 Å². The number of hydrogen-bond donors (Lipinski definition) is 0. The number of rotatable bonds is 6. The SMILES string of the molecule is CCCC(C)N(C)C(C)C(=O)c1ccccc1. The van der Waals surface area contributed by atoms with E-state index in [1.165, 1.54) is 0 Å². The fourth-order valence-electron chi connectivity index (χ4n) is 2.03. The van der Waals surface area contributed by atoms with Crippen LogP contribution in [-0.4, -0.2) is 29.8 Å².